The third-order valence-electron chi connectivity index (χ3n) is 6.58. The van der Waals surface area contributed by atoms with Crippen molar-refractivity contribution in [1.82, 2.24) is 9.47 Å². The molecule has 180 valence electrons. The number of hydrogen-bond acceptors (Lipinski definition) is 2. The van der Waals surface area contributed by atoms with Gasteiger partial charge in [0.2, 0.25) is 0 Å². The molecule has 0 fully saturated rings. The van der Waals surface area contributed by atoms with E-state index in [-0.39, 0.29) is 11.8 Å². The number of hydrogen-bond donors (Lipinski definition) is 1. The predicted octanol–water partition coefficient (Wildman–Crippen LogP) is 6.64. The minimum atomic E-state index is -0.0944. The summed E-state index contributed by atoms with van der Waals surface area (Å²) in [5.74, 6) is -0.183. The van der Waals surface area contributed by atoms with Gasteiger partial charge in [-0.15, -0.1) is 0 Å². The Bertz CT molecular complexity index is 1400. The Morgan fingerprint density at radius 1 is 0.750 bits per heavy atom. The van der Waals surface area contributed by atoms with Gasteiger partial charge in [-0.1, -0.05) is 97.1 Å². The van der Waals surface area contributed by atoms with Crippen LogP contribution in [-0.4, -0.2) is 36.0 Å². The Labute approximate surface area is 212 Å². The Kier molecular flexibility index (Phi) is 6.96. The van der Waals surface area contributed by atoms with Gasteiger partial charge in [0.15, 0.2) is 0 Å². The maximum Gasteiger partial charge on any atom is 0.272 e. The van der Waals surface area contributed by atoms with E-state index in [4.69, 9.17) is 0 Å². The molecule has 1 aromatic heterocycles. The number of aromatic nitrogens is 1. The van der Waals surface area contributed by atoms with Crippen LogP contribution in [0.2, 0.25) is 0 Å². The standard InChI is InChI=1S/C32H31N3O/c1-34(2)22-23-35-28-21-13-12-20-27(28)30(31(35)32(36)33-26-18-10-5-11-19-26)29(24-14-6-3-7-15-24)25-16-8-4-9-17-25/h3-21,29H,22-23H2,1-2H3,(H,33,36). The zero-order valence-corrected chi connectivity index (χ0v) is 20.8. The van der Waals surface area contributed by atoms with Crippen LogP contribution >= 0.6 is 0 Å². The van der Waals surface area contributed by atoms with Crippen molar-refractivity contribution >= 4 is 22.5 Å². The third kappa shape index (κ3) is 4.81. The number of amides is 1. The molecular weight excluding hydrogens is 442 g/mol. The molecule has 4 heteroatoms. The molecule has 0 saturated carbocycles. The molecule has 1 heterocycles. The Hall–Kier alpha value is -4.15. The molecule has 0 unspecified atom stereocenters. The highest BCUT2D eigenvalue weighted by atomic mass is 16.2. The van der Waals surface area contributed by atoms with E-state index < -0.39 is 0 Å². The average molecular weight is 474 g/mol. The van der Waals surface area contributed by atoms with Crippen molar-refractivity contribution in [3.63, 3.8) is 0 Å². The summed E-state index contributed by atoms with van der Waals surface area (Å²) in [4.78, 5) is 16.2. The number of likely N-dealkylation sites (N-methyl/N-ethyl adjacent to an activating group) is 1. The van der Waals surface area contributed by atoms with E-state index in [1.807, 2.05) is 42.5 Å². The molecule has 5 rings (SSSR count). The van der Waals surface area contributed by atoms with E-state index in [0.717, 1.165) is 39.8 Å². The molecule has 1 amide bonds. The lowest BCUT2D eigenvalue weighted by atomic mass is 9.83. The second-order valence-electron chi connectivity index (χ2n) is 9.31. The summed E-state index contributed by atoms with van der Waals surface area (Å²) < 4.78 is 2.20. The number of anilines is 1. The van der Waals surface area contributed by atoms with Crippen LogP contribution < -0.4 is 5.32 Å². The number of para-hydroxylation sites is 2. The molecule has 5 aromatic rings. The van der Waals surface area contributed by atoms with Crippen LogP contribution in [0.1, 0.15) is 33.1 Å². The lowest BCUT2D eigenvalue weighted by molar-refractivity contribution is 0.101. The summed E-state index contributed by atoms with van der Waals surface area (Å²) in [6.07, 6.45) is 0. The minimum absolute atomic E-state index is 0.0885. The first kappa shape index (κ1) is 23.6. The van der Waals surface area contributed by atoms with Crippen LogP contribution in [-0.2, 0) is 6.54 Å². The van der Waals surface area contributed by atoms with Crippen molar-refractivity contribution in [3.05, 3.63) is 138 Å². The number of nitrogens with zero attached hydrogens (tertiary/aromatic N) is 2. The number of benzene rings is 4. The van der Waals surface area contributed by atoms with E-state index in [1.54, 1.807) is 0 Å². The fraction of sp³-hybridized carbons (Fsp3) is 0.156. The smallest absolute Gasteiger partial charge is 0.272 e. The van der Waals surface area contributed by atoms with Gasteiger partial charge in [-0.2, -0.15) is 0 Å². The first-order valence-corrected chi connectivity index (χ1v) is 12.4. The fourth-order valence-corrected chi connectivity index (χ4v) is 4.93. The highest BCUT2D eigenvalue weighted by molar-refractivity contribution is 6.09. The van der Waals surface area contributed by atoms with Gasteiger partial charge in [-0.25, -0.2) is 0 Å². The molecule has 0 aliphatic rings. The van der Waals surface area contributed by atoms with Crippen molar-refractivity contribution in [2.45, 2.75) is 12.5 Å². The summed E-state index contributed by atoms with van der Waals surface area (Å²) in [5, 5.41) is 4.28. The van der Waals surface area contributed by atoms with Crippen LogP contribution in [0.5, 0.6) is 0 Å². The van der Waals surface area contributed by atoms with Gasteiger partial charge < -0.3 is 14.8 Å². The first-order valence-electron chi connectivity index (χ1n) is 12.4. The van der Waals surface area contributed by atoms with Crippen molar-refractivity contribution in [2.75, 3.05) is 26.0 Å². The minimum Gasteiger partial charge on any atom is -0.335 e. The van der Waals surface area contributed by atoms with Crippen LogP contribution in [0, 0.1) is 0 Å². The highest BCUT2D eigenvalue weighted by Gasteiger charge is 2.30. The van der Waals surface area contributed by atoms with Crippen molar-refractivity contribution in [1.29, 1.82) is 0 Å². The Morgan fingerprint density at radius 3 is 1.86 bits per heavy atom. The molecule has 0 spiro atoms. The molecular formula is C32H31N3O. The monoisotopic (exact) mass is 473 g/mol. The highest BCUT2D eigenvalue weighted by Crippen LogP contribution is 2.40. The van der Waals surface area contributed by atoms with E-state index >= 15 is 0 Å². The number of carbonyl (C=O) groups is 1. The molecule has 0 radical (unpaired) electrons. The maximum absolute atomic E-state index is 14.1. The van der Waals surface area contributed by atoms with Gasteiger partial charge >= 0.3 is 0 Å². The van der Waals surface area contributed by atoms with Crippen LogP contribution in [0.3, 0.4) is 0 Å². The lowest BCUT2D eigenvalue weighted by Crippen LogP contribution is -2.24. The van der Waals surface area contributed by atoms with Crippen molar-refractivity contribution < 1.29 is 4.79 Å². The lowest BCUT2D eigenvalue weighted by Gasteiger charge is -2.21. The number of nitrogens with one attached hydrogen (secondary N) is 1. The topological polar surface area (TPSA) is 37.3 Å². The first-order chi connectivity index (χ1) is 17.6. The van der Waals surface area contributed by atoms with Crippen LogP contribution in [0.4, 0.5) is 5.69 Å². The summed E-state index contributed by atoms with van der Waals surface area (Å²) in [6, 6.07) is 39.0. The molecule has 4 nitrogen and oxygen atoms in total. The SMILES string of the molecule is CN(C)CCn1c(C(=O)Nc2ccccc2)c(C(c2ccccc2)c2ccccc2)c2ccccc21. The molecule has 1 N–H and O–H groups in total. The van der Waals surface area contributed by atoms with E-state index in [9.17, 15) is 4.79 Å². The molecule has 0 saturated heterocycles. The quantitative estimate of drug-likeness (QED) is 0.274. The molecule has 0 aliphatic carbocycles. The number of carbonyl (C=O) groups excluding carboxylic acids is 1. The summed E-state index contributed by atoms with van der Waals surface area (Å²) in [6.45, 7) is 1.53. The Morgan fingerprint density at radius 2 is 1.28 bits per heavy atom. The van der Waals surface area contributed by atoms with E-state index in [0.29, 0.717) is 12.2 Å². The molecule has 0 atom stereocenters. The van der Waals surface area contributed by atoms with Gasteiger partial charge in [-0.3, -0.25) is 4.79 Å². The largest absolute Gasteiger partial charge is 0.335 e. The summed E-state index contributed by atoms with van der Waals surface area (Å²) >= 11 is 0. The zero-order chi connectivity index (χ0) is 24.9. The normalized spacial score (nSPS) is 11.3. The maximum atomic E-state index is 14.1. The second-order valence-corrected chi connectivity index (χ2v) is 9.31. The van der Waals surface area contributed by atoms with Gasteiger partial charge in [0.1, 0.15) is 5.69 Å². The van der Waals surface area contributed by atoms with Gasteiger partial charge in [0.25, 0.3) is 5.91 Å². The Balaban J connectivity index is 1.78. The molecule has 36 heavy (non-hydrogen) atoms. The third-order valence-corrected chi connectivity index (χ3v) is 6.58. The van der Waals surface area contributed by atoms with E-state index in [1.165, 1.54) is 0 Å². The molecule has 0 aliphatic heterocycles. The molecule has 4 aromatic carbocycles. The zero-order valence-electron chi connectivity index (χ0n) is 20.8. The summed E-state index contributed by atoms with van der Waals surface area (Å²) in [7, 11) is 4.13. The van der Waals surface area contributed by atoms with Crippen LogP contribution in [0.25, 0.3) is 10.9 Å². The van der Waals surface area contributed by atoms with Gasteiger partial charge in [0, 0.05) is 41.2 Å². The predicted molar refractivity (Wildman–Crippen MR) is 149 cm³/mol. The van der Waals surface area contributed by atoms with Crippen LogP contribution in [0.15, 0.2) is 115 Å². The number of rotatable bonds is 8. The van der Waals surface area contributed by atoms with E-state index in [2.05, 4.69) is 102 Å². The second kappa shape index (κ2) is 10.6. The van der Waals surface area contributed by atoms with Crippen molar-refractivity contribution in [3.8, 4) is 0 Å². The number of fused-ring (bicyclic) bond motifs is 1. The fourth-order valence-electron chi connectivity index (χ4n) is 4.93. The molecule has 0 bridgehead atoms. The van der Waals surface area contributed by atoms with Crippen molar-refractivity contribution in [2.24, 2.45) is 0 Å². The van der Waals surface area contributed by atoms with Gasteiger partial charge in [-0.05, 0) is 43.4 Å². The summed E-state index contributed by atoms with van der Waals surface area (Å²) in [5.41, 5.74) is 5.93. The van der Waals surface area contributed by atoms with Gasteiger partial charge in [0.05, 0.1) is 0 Å². The average Bonchev–Trinajstić information content (AvgIpc) is 3.23.